The molecule has 0 bridgehead atoms. The maximum atomic E-state index is 11.8. The van der Waals surface area contributed by atoms with Crippen molar-refractivity contribution in [2.75, 3.05) is 11.9 Å². The van der Waals surface area contributed by atoms with Crippen molar-refractivity contribution in [2.24, 2.45) is 13.0 Å². The smallest absolute Gasteiger partial charge is 0.269 e. The number of imidazole rings is 1. The first kappa shape index (κ1) is 13.2. The third-order valence-electron chi connectivity index (χ3n) is 2.70. The van der Waals surface area contributed by atoms with Crippen LogP contribution in [0.15, 0.2) is 12.5 Å². The first-order chi connectivity index (χ1) is 7.69. The minimum absolute atomic E-state index is 0.0481. The van der Waals surface area contributed by atoms with Crippen LogP contribution in [0, 0.1) is 5.92 Å². The molecule has 1 N–H and O–H groups in total. The van der Waals surface area contributed by atoms with E-state index in [1.807, 2.05) is 7.05 Å². The van der Waals surface area contributed by atoms with E-state index in [9.17, 15) is 4.79 Å². The number of hydrogen-bond donors (Lipinski definition) is 1. The van der Waals surface area contributed by atoms with E-state index in [-0.39, 0.29) is 5.91 Å². The average Bonchev–Trinajstić information content (AvgIpc) is 2.70. The summed E-state index contributed by atoms with van der Waals surface area (Å²) in [6.45, 7) is 2.87. The van der Waals surface area contributed by atoms with Crippen molar-refractivity contribution in [1.82, 2.24) is 14.9 Å². The first-order valence-electron chi connectivity index (χ1n) is 5.49. The summed E-state index contributed by atoms with van der Waals surface area (Å²) in [6.07, 6.45) is 5.38. The normalized spacial score (nSPS) is 12.4. The predicted molar refractivity (Wildman–Crippen MR) is 67.7 cm³/mol. The summed E-state index contributed by atoms with van der Waals surface area (Å²) in [5.74, 6) is 0.490. The summed E-state index contributed by atoms with van der Waals surface area (Å²) >= 11 is 3.42. The van der Waals surface area contributed by atoms with E-state index in [2.05, 4.69) is 33.2 Å². The Labute approximate surface area is 105 Å². The zero-order chi connectivity index (χ0) is 12.0. The lowest BCUT2D eigenvalue weighted by atomic mass is 10.0. The molecule has 1 amide bonds. The van der Waals surface area contributed by atoms with Crippen LogP contribution in [0.2, 0.25) is 0 Å². The van der Waals surface area contributed by atoms with E-state index < -0.39 is 0 Å². The molecular formula is C11H18BrN3O. The molecule has 1 heterocycles. The first-order valence-corrected chi connectivity index (χ1v) is 6.61. The van der Waals surface area contributed by atoms with Gasteiger partial charge in [-0.3, -0.25) is 4.79 Å². The molecule has 1 rings (SSSR count). The Balaban J connectivity index is 2.43. The summed E-state index contributed by atoms with van der Waals surface area (Å²) in [5, 5.41) is 3.92. The Kier molecular flexibility index (Phi) is 5.52. The fourth-order valence-corrected chi connectivity index (χ4v) is 2.16. The van der Waals surface area contributed by atoms with Gasteiger partial charge in [0.25, 0.3) is 5.91 Å². The molecule has 4 nitrogen and oxygen atoms in total. The van der Waals surface area contributed by atoms with E-state index in [4.69, 9.17) is 0 Å². The highest BCUT2D eigenvalue weighted by Gasteiger charge is 2.11. The number of rotatable bonds is 6. The molecule has 1 aromatic heterocycles. The van der Waals surface area contributed by atoms with Crippen molar-refractivity contribution in [1.29, 1.82) is 0 Å². The van der Waals surface area contributed by atoms with Crippen LogP contribution in [0.3, 0.4) is 0 Å². The van der Waals surface area contributed by atoms with Gasteiger partial charge in [0, 0.05) is 18.9 Å². The van der Waals surface area contributed by atoms with Gasteiger partial charge < -0.3 is 9.88 Å². The van der Waals surface area contributed by atoms with Crippen LogP contribution in [-0.4, -0.2) is 27.3 Å². The summed E-state index contributed by atoms with van der Waals surface area (Å²) in [5.41, 5.74) is 0.605. The number of aromatic nitrogens is 2. The number of nitrogens with zero attached hydrogens (tertiary/aromatic N) is 2. The quantitative estimate of drug-likeness (QED) is 0.813. The van der Waals surface area contributed by atoms with E-state index in [1.165, 1.54) is 0 Å². The molecular weight excluding hydrogens is 270 g/mol. The standard InChI is InChI=1S/C11H18BrN3O/c1-3-9(4-5-12)6-14-11(16)10-7-13-8-15(10)2/h7-9H,3-6H2,1-2H3,(H,14,16). The molecule has 0 aliphatic rings. The van der Waals surface area contributed by atoms with Crippen LogP contribution >= 0.6 is 15.9 Å². The highest BCUT2D eigenvalue weighted by atomic mass is 79.9. The fraction of sp³-hybridized carbons (Fsp3) is 0.636. The van der Waals surface area contributed by atoms with Crippen molar-refractivity contribution in [3.63, 3.8) is 0 Å². The zero-order valence-electron chi connectivity index (χ0n) is 9.74. The van der Waals surface area contributed by atoms with Gasteiger partial charge in [0.15, 0.2) is 0 Å². The molecule has 1 atom stereocenters. The number of aryl methyl sites for hydroxylation is 1. The number of carbonyl (C=O) groups excluding carboxylic acids is 1. The molecule has 1 unspecified atom stereocenters. The molecule has 0 saturated heterocycles. The van der Waals surface area contributed by atoms with Gasteiger partial charge in [0.1, 0.15) is 5.69 Å². The Morgan fingerprint density at radius 3 is 2.94 bits per heavy atom. The predicted octanol–water partition coefficient (Wildman–Crippen LogP) is 1.96. The van der Waals surface area contributed by atoms with E-state index in [0.29, 0.717) is 11.6 Å². The average molecular weight is 288 g/mol. The number of nitrogens with one attached hydrogen (secondary N) is 1. The van der Waals surface area contributed by atoms with Crippen molar-refractivity contribution >= 4 is 21.8 Å². The van der Waals surface area contributed by atoms with Crippen LogP contribution in [-0.2, 0) is 7.05 Å². The summed E-state index contributed by atoms with van der Waals surface area (Å²) in [6, 6.07) is 0. The summed E-state index contributed by atoms with van der Waals surface area (Å²) < 4.78 is 1.72. The molecule has 90 valence electrons. The second-order valence-corrected chi connectivity index (χ2v) is 4.64. The molecule has 0 aliphatic carbocycles. The Bertz CT molecular complexity index is 338. The number of alkyl halides is 1. The number of carbonyl (C=O) groups is 1. The number of amides is 1. The lowest BCUT2D eigenvalue weighted by molar-refractivity contribution is 0.0938. The maximum absolute atomic E-state index is 11.8. The molecule has 0 spiro atoms. The SMILES string of the molecule is CCC(CCBr)CNC(=O)c1cncn1C. The molecule has 0 aliphatic heterocycles. The van der Waals surface area contributed by atoms with Crippen molar-refractivity contribution in [3.8, 4) is 0 Å². The highest BCUT2D eigenvalue weighted by Crippen LogP contribution is 2.08. The Morgan fingerprint density at radius 1 is 1.69 bits per heavy atom. The van der Waals surface area contributed by atoms with Crippen LogP contribution in [0.25, 0.3) is 0 Å². The lowest BCUT2D eigenvalue weighted by Gasteiger charge is -2.14. The van der Waals surface area contributed by atoms with Crippen LogP contribution in [0.1, 0.15) is 30.3 Å². The summed E-state index contributed by atoms with van der Waals surface area (Å²) in [4.78, 5) is 15.7. The maximum Gasteiger partial charge on any atom is 0.269 e. The number of hydrogen-bond acceptors (Lipinski definition) is 2. The van der Waals surface area contributed by atoms with Crippen molar-refractivity contribution in [3.05, 3.63) is 18.2 Å². The minimum Gasteiger partial charge on any atom is -0.350 e. The van der Waals surface area contributed by atoms with E-state index in [0.717, 1.165) is 24.7 Å². The van der Waals surface area contributed by atoms with Gasteiger partial charge in [-0.05, 0) is 12.3 Å². The fourth-order valence-electron chi connectivity index (χ4n) is 1.51. The van der Waals surface area contributed by atoms with Gasteiger partial charge in [0.2, 0.25) is 0 Å². The van der Waals surface area contributed by atoms with Gasteiger partial charge in [-0.25, -0.2) is 4.98 Å². The Morgan fingerprint density at radius 2 is 2.44 bits per heavy atom. The third kappa shape index (κ3) is 3.63. The number of halogens is 1. The van der Waals surface area contributed by atoms with Crippen LogP contribution in [0.4, 0.5) is 0 Å². The van der Waals surface area contributed by atoms with Gasteiger partial charge in [-0.2, -0.15) is 0 Å². The second-order valence-electron chi connectivity index (χ2n) is 3.85. The van der Waals surface area contributed by atoms with Gasteiger partial charge >= 0.3 is 0 Å². The van der Waals surface area contributed by atoms with Gasteiger partial charge in [0.05, 0.1) is 12.5 Å². The zero-order valence-corrected chi connectivity index (χ0v) is 11.3. The summed E-state index contributed by atoms with van der Waals surface area (Å²) in [7, 11) is 1.82. The molecule has 0 aromatic carbocycles. The molecule has 16 heavy (non-hydrogen) atoms. The topological polar surface area (TPSA) is 46.9 Å². The van der Waals surface area contributed by atoms with E-state index in [1.54, 1.807) is 17.1 Å². The minimum atomic E-state index is -0.0481. The van der Waals surface area contributed by atoms with Crippen LogP contribution < -0.4 is 5.32 Å². The van der Waals surface area contributed by atoms with E-state index >= 15 is 0 Å². The monoisotopic (exact) mass is 287 g/mol. The molecule has 1 aromatic rings. The van der Waals surface area contributed by atoms with Gasteiger partial charge in [-0.15, -0.1) is 0 Å². The lowest BCUT2D eigenvalue weighted by Crippen LogP contribution is -2.30. The second kappa shape index (κ2) is 6.68. The highest BCUT2D eigenvalue weighted by molar-refractivity contribution is 9.09. The molecule has 0 radical (unpaired) electrons. The molecule has 0 saturated carbocycles. The molecule has 0 fully saturated rings. The van der Waals surface area contributed by atoms with Gasteiger partial charge in [-0.1, -0.05) is 29.3 Å². The Hall–Kier alpha value is -0.840. The van der Waals surface area contributed by atoms with Crippen molar-refractivity contribution < 1.29 is 4.79 Å². The third-order valence-corrected chi connectivity index (χ3v) is 3.15. The van der Waals surface area contributed by atoms with Crippen LogP contribution in [0.5, 0.6) is 0 Å². The van der Waals surface area contributed by atoms with Crippen molar-refractivity contribution in [2.45, 2.75) is 19.8 Å². The molecule has 5 heteroatoms. The largest absolute Gasteiger partial charge is 0.350 e.